The summed E-state index contributed by atoms with van der Waals surface area (Å²) in [6.07, 6.45) is 1.73. The molecule has 0 fully saturated rings. The van der Waals surface area contributed by atoms with Crippen LogP contribution in [0.3, 0.4) is 0 Å². The van der Waals surface area contributed by atoms with Crippen LogP contribution in [0.4, 0.5) is 0 Å². The monoisotopic (exact) mass is 161 g/mol. The number of nitrogens with one attached hydrogen (secondary N) is 1. The highest BCUT2D eigenvalue weighted by Crippen LogP contribution is 2.18. The van der Waals surface area contributed by atoms with E-state index in [1.54, 1.807) is 6.20 Å². The second-order valence-electron chi connectivity index (χ2n) is 3.34. The fraction of sp³-hybridized carbons (Fsp3) is 0.273. The van der Waals surface area contributed by atoms with Crippen LogP contribution in [0.15, 0.2) is 43.1 Å². The quantitative estimate of drug-likeness (QED) is 0.718. The molecule has 0 heterocycles. The molecule has 1 rings (SSSR count). The predicted molar refractivity (Wildman–Crippen MR) is 52.8 cm³/mol. The van der Waals surface area contributed by atoms with Crippen molar-refractivity contribution in [3.63, 3.8) is 0 Å². The molecule has 0 unspecified atom stereocenters. The Hall–Kier alpha value is -1.24. The summed E-state index contributed by atoms with van der Waals surface area (Å²) < 4.78 is 0. The average molecular weight is 161 g/mol. The van der Waals surface area contributed by atoms with Crippen molar-refractivity contribution in [3.8, 4) is 0 Å². The second-order valence-corrected chi connectivity index (χ2v) is 3.34. The lowest BCUT2D eigenvalue weighted by Gasteiger charge is -2.25. The highest BCUT2D eigenvalue weighted by atomic mass is 14.9. The van der Waals surface area contributed by atoms with Crippen molar-refractivity contribution >= 4 is 0 Å². The maximum absolute atomic E-state index is 3.66. The van der Waals surface area contributed by atoms with Gasteiger partial charge in [-0.3, -0.25) is 0 Å². The van der Waals surface area contributed by atoms with Crippen LogP contribution in [0.1, 0.15) is 19.4 Å². The lowest BCUT2D eigenvalue weighted by atomic mass is 9.95. The molecule has 1 aromatic rings. The van der Waals surface area contributed by atoms with Crippen LogP contribution < -0.4 is 5.32 Å². The molecule has 0 aliphatic heterocycles. The van der Waals surface area contributed by atoms with Gasteiger partial charge in [-0.2, -0.15) is 0 Å². The molecule has 64 valence electrons. The Bertz CT molecular complexity index is 249. The van der Waals surface area contributed by atoms with Gasteiger partial charge in [-0.1, -0.05) is 36.9 Å². The van der Waals surface area contributed by atoms with E-state index < -0.39 is 0 Å². The van der Waals surface area contributed by atoms with Gasteiger partial charge in [0.2, 0.25) is 0 Å². The molecular weight excluding hydrogens is 146 g/mol. The molecule has 0 bridgehead atoms. The number of hydrogen-bond donors (Lipinski definition) is 1. The fourth-order valence-corrected chi connectivity index (χ4v) is 1.19. The molecule has 0 spiro atoms. The molecule has 0 radical (unpaired) electrons. The Morgan fingerprint density at radius 1 is 1.25 bits per heavy atom. The summed E-state index contributed by atoms with van der Waals surface area (Å²) in [6, 6.07) is 10.3. The van der Waals surface area contributed by atoms with Crippen molar-refractivity contribution in [2.75, 3.05) is 0 Å². The van der Waals surface area contributed by atoms with E-state index in [0.29, 0.717) is 0 Å². The van der Waals surface area contributed by atoms with Gasteiger partial charge in [-0.05, 0) is 25.6 Å². The Balaban J connectivity index is 2.89. The molecule has 1 aromatic carbocycles. The van der Waals surface area contributed by atoms with Gasteiger partial charge in [0.05, 0.1) is 5.54 Å². The van der Waals surface area contributed by atoms with Gasteiger partial charge in [0.15, 0.2) is 0 Å². The van der Waals surface area contributed by atoms with Crippen molar-refractivity contribution in [2.45, 2.75) is 19.4 Å². The van der Waals surface area contributed by atoms with Crippen LogP contribution in [-0.4, -0.2) is 0 Å². The molecule has 0 saturated carbocycles. The third-order valence-electron chi connectivity index (χ3n) is 1.96. The van der Waals surface area contributed by atoms with Crippen LogP contribution in [0.2, 0.25) is 0 Å². The van der Waals surface area contributed by atoms with Gasteiger partial charge in [0.25, 0.3) is 0 Å². The molecule has 0 amide bonds. The summed E-state index contributed by atoms with van der Waals surface area (Å²) in [6.45, 7) is 7.92. The Labute approximate surface area is 74.1 Å². The zero-order chi connectivity index (χ0) is 9.03. The molecule has 1 heteroatoms. The van der Waals surface area contributed by atoms with Crippen LogP contribution >= 0.6 is 0 Å². The Morgan fingerprint density at radius 3 is 2.33 bits per heavy atom. The Kier molecular flexibility index (Phi) is 2.54. The summed E-state index contributed by atoms with van der Waals surface area (Å²) in [5.74, 6) is 0. The zero-order valence-electron chi connectivity index (χ0n) is 7.67. The molecular formula is C11H15N. The number of rotatable bonds is 3. The smallest absolute Gasteiger partial charge is 0.0563 e. The minimum Gasteiger partial charge on any atom is -0.382 e. The molecule has 1 nitrogen and oxygen atoms in total. The molecule has 0 aromatic heterocycles. The van der Waals surface area contributed by atoms with Gasteiger partial charge < -0.3 is 5.32 Å². The van der Waals surface area contributed by atoms with Crippen LogP contribution in [0.5, 0.6) is 0 Å². The SMILES string of the molecule is C=CNC(C)(C)c1ccccc1. The van der Waals surface area contributed by atoms with Crippen molar-refractivity contribution in [2.24, 2.45) is 0 Å². The van der Waals surface area contributed by atoms with Crippen LogP contribution in [0, 0.1) is 0 Å². The van der Waals surface area contributed by atoms with Crippen LogP contribution in [-0.2, 0) is 5.54 Å². The number of benzene rings is 1. The van der Waals surface area contributed by atoms with Crippen molar-refractivity contribution in [1.29, 1.82) is 0 Å². The largest absolute Gasteiger partial charge is 0.382 e. The van der Waals surface area contributed by atoms with E-state index in [-0.39, 0.29) is 5.54 Å². The lowest BCUT2D eigenvalue weighted by Crippen LogP contribution is -2.31. The summed E-state index contributed by atoms with van der Waals surface area (Å²) >= 11 is 0. The first-order valence-corrected chi connectivity index (χ1v) is 4.11. The molecule has 1 N–H and O–H groups in total. The van der Waals surface area contributed by atoms with E-state index in [1.165, 1.54) is 5.56 Å². The van der Waals surface area contributed by atoms with Gasteiger partial charge in [-0.25, -0.2) is 0 Å². The summed E-state index contributed by atoms with van der Waals surface area (Å²) in [5.41, 5.74) is 1.24. The third kappa shape index (κ3) is 1.88. The minimum atomic E-state index is -0.0248. The first-order chi connectivity index (χ1) is 5.67. The molecule has 0 saturated heterocycles. The van der Waals surface area contributed by atoms with E-state index in [4.69, 9.17) is 0 Å². The average Bonchev–Trinajstić information content (AvgIpc) is 2.06. The summed E-state index contributed by atoms with van der Waals surface area (Å²) in [5, 5.41) is 3.20. The molecule has 12 heavy (non-hydrogen) atoms. The summed E-state index contributed by atoms with van der Waals surface area (Å²) in [7, 11) is 0. The van der Waals surface area contributed by atoms with E-state index in [1.807, 2.05) is 18.2 Å². The normalized spacial score (nSPS) is 10.8. The second kappa shape index (κ2) is 3.44. The Morgan fingerprint density at radius 2 is 1.83 bits per heavy atom. The van der Waals surface area contributed by atoms with E-state index in [2.05, 4.69) is 37.9 Å². The standard InChI is InChI=1S/C11H15N/c1-4-12-11(2,3)10-8-6-5-7-9-10/h4-9,12H,1H2,2-3H3. The van der Waals surface area contributed by atoms with Gasteiger partial charge in [-0.15, -0.1) is 0 Å². The first-order valence-electron chi connectivity index (χ1n) is 4.11. The highest BCUT2D eigenvalue weighted by molar-refractivity contribution is 5.22. The first kappa shape index (κ1) is 8.85. The summed E-state index contributed by atoms with van der Waals surface area (Å²) in [4.78, 5) is 0. The fourth-order valence-electron chi connectivity index (χ4n) is 1.19. The van der Waals surface area contributed by atoms with E-state index >= 15 is 0 Å². The van der Waals surface area contributed by atoms with Gasteiger partial charge in [0, 0.05) is 0 Å². The van der Waals surface area contributed by atoms with Gasteiger partial charge >= 0.3 is 0 Å². The van der Waals surface area contributed by atoms with E-state index in [9.17, 15) is 0 Å². The molecule has 0 aliphatic rings. The van der Waals surface area contributed by atoms with E-state index in [0.717, 1.165) is 0 Å². The lowest BCUT2D eigenvalue weighted by molar-refractivity contribution is 0.466. The zero-order valence-corrected chi connectivity index (χ0v) is 7.67. The minimum absolute atomic E-state index is 0.0248. The topological polar surface area (TPSA) is 12.0 Å². The maximum atomic E-state index is 3.66. The molecule has 0 aliphatic carbocycles. The van der Waals surface area contributed by atoms with Gasteiger partial charge in [0.1, 0.15) is 0 Å². The van der Waals surface area contributed by atoms with Crippen molar-refractivity contribution in [3.05, 3.63) is 48.7 Å². The molecule has 0 atom stereocenters. The van der Waals surface area contributed by atoms with Crippen LogP contribution in [0.25, 0.3) is 0 Å². The highest BCUT2D eigenvalue weighted by Gasteiger charge is 2.16. The van der Waals surface area contributed by atoms with Crippen molar-refractivity contribution in [1.82, 2.24) is 5.32 Å². The predicted octanol–water partition coefficient (Wildman–Crippen LogP) is 2.65. The number of hydrogen-bond acceptors (Lipinski definition) is 1. The maximum Gasteiger partial charge on any atom is 0.0563 e. The third-order valence-corrected chi connectivity index (χ3v) is 1.96. The van der Waals surface area contributed by atoms with Crippen molar-refractivity contribution < 1.29 is 0 Å².